The minimum atomic E-state index is -0.394. The number of aryl methyl sites for hydroxylation is 1. The van der Waals surface area contributed by atoms with E-state index in [0.717, 1.165) is 15.1 Å². The number of anilines is 1. The van der Waals surface area contributed by atoms with Crippen molar-refractivity contribution in [1.29, 1.82) is 0 Å². The number of nitrogens with two attached hydrogens (primary N) is 1. The second kappa shape index (κ2) is 3.21. The van der Waals surface area contributed by atoms with Crippen molar-refractivity contribution in [2.45, 2.75) is 6.92 Å². The molecule has 14 heavy (non-hydrogen) atoms. The number of carbonyl (C=O) groups excluding carboxylic acids is 1. The Hall–Kier alpha value is -1.14. The van der Waals surface area contributed by atoms with Gasteiger partial charge in [-0.3, -0.25) is 0 Å². The van der Waals surface area contributed by atoms with Gasteiger partial charge in [-0.2, -0.15) is 4.37 Å². The molecule has 74 valence electrons. The molecule has 0 amide bonds. The minimum absolute atomic E-state index is 0.394. The van der Waals surface area contributed by atoms with Crippen molar-refractivity contribution < 1.29 is 9.53 Å². The molecule has 0 saturated heterocycles. The van der Waals surface area contributed by atoms with Gasteiger partial charge in [0.15, 0.2) is 0 Å². The van der Waals surface area contributed by atoms with E-state index >= 15 is 0 Å². The predicted molar refractivity (Wildman–Crippen MR) is 58.0 cm³/mol. The van der Waals surface area contributed by atoms with Gasteiger partial charge in [-0.05, 0) is 18.5 Å². The van der Waals surface area contributed by atoms with E-state index in [2.05, 4.69) is 9.11 Å². The number of fused-ring (bicyclic) bond motifs is 1. The summed E-state index contributed by atoms with van der Waals surface area (Å²) in [4.78, 5) is 13.6. The summed E-state index contributed by atoms with van der Waals surface area (Å²) in [6.45, 7) is 1.93. The number of nitrogen functional groups attached to an aromatic ring is 1. The Labute approximate surface area is 88.5 Å². The molecule has 4 nitrogen and oxygen atoms in total. The normalized spacial score (nSPS) is 10.7. The fraction of sp³-hybridized carbons (Fsp3) is 0.250. The highest BCUT2D eigenvalue weighted by Gasteiger charge is 2.19. The third-order valence-electron chi connectivity index (χ3n) is 1.91. The van der Waals surface area contributed by atoms with Crippen LogP contribution in [0.4, 0.5) is 5.69 Å². The van der Waals surface area contributed by atoms with Crippen molar-refractivity contribution in [3.63, 3.8) is 0 Å². The van der Waals surface area contributed by atoms with E-state index in [1.54, 1.807) is 0 Å². The van der Waals surface area contributed by atoms with E-state index in [9.17, 15) is 4.79 Å². The molecule has 0 aliphatic heterocycles. The molecular weight excluding hydrogens is 220 g/mol. The molecule has 2 aromatic heterocycles. The Morgan fingerprint density at radius 2 is 2.29 bits per heavy atom. The first-order valence-electron chi connectivity index (χ1n) is 3.87. The maximum atomic E-state index is 11.3. The first-order chi connectivity index (χ1) is 6.65. The maximum absolute atomic E-state index is 11.3. The molecule has 0 radical (unpaired) electrons. The summed E-state index contributed by atoms with van der Waals surface area (Å²) in [5.74, 6) is -0.394. The van der Waals surface area contributed by atoms with Gasteiger partial charge >= 0.3 is 5.97 Å². The summed E-state index contributed by atoms with van der Waals surface area (Å²) in [7, 11) is 1.34. The lowest BCUT2D eigenvalue weighted by molar-refractivity contribution is 0.0607. The number of esters is 1. The maximum Gasteiger partial charge on any atom is 0.350 e. The van der Waals surface area contributed by atoms with Gasteiger partial charge in [0.1, 0.15) is 9.71 Å². The topological polar surface area (TPSA) is 65.2 Å². The van der Waals surface area contributed by atoms with Crippen molar-refractivity contribution in [2.75, 3.05) is 12.8 Å². The van der Waals surface area contributed by atoms with Crippen LogP contribution in [0.15, 0.2) is 0 Å². The molecule has 0 aromatic carbocycles. The Bertz CT molecular complexity index is 501. The SMILES string of the molecule is COC(=O)c1sc2nsc(C)c2c1N. The van der Waals surface area contributed by atoms with Gasteiger partial charge in [-0.15, -0.1) is 11.3 Å². The Morgan fingerprint density at radius 3 is 2.86 bits per heavy atom. The van der Waals surface area contributed by atoms with Crippen LogP contribution in [0.2, 0.25) is 0 Å². The number of hydrogen-bond acceptors (Lipinski definition) is 6. The molecule has 0 saturated carbocycles. The van der Waals surface area contributed by atoms with Crippen molar-refractivity contribution in [3.8, 4) is 0 Å². The molecule has 2 N–H and O–H groups in total. The first-order valence-corrected chi connectivity index (χ1v) is 5.46. The lowest BCUT2D eigenvalue weighted by Crippen LogP contribution is -2.01. The highest BCUT2D eigenvalue weighted by atomic mass is 32.1. The number of nitrogens with zero attached hydrogens (tertiary/aromatic N) is 1. The van der Waals surface area contributed by atoms with Crippen LogP contribution in [0, 0.1) is 6.92 Å². The summed E-state index contributed by atoms with van der Waals surface area (Å²) in [5, 5.41) is 0.889. The zero-order valence-electron chi connectivity index (χ0n) is 7.66. The van der Waals surface area contributed by atoms with Crippen LogP contribution in [0.25, 0.3) is 10.2 Å². The number of aromatic nitrogens is 1. The Balaban J connectivity index is 2.69. The smallest absolute Gasteiger partial charge is 0.350 e. The molecule has 0 bridgehead atoms. The zero-order valence-corrected chi connectivity index (χ0v) is 9.29. The number of methoxy groups -OCH3 is 1. The van der Waals surface area contributed by atoms with E-state index in [1.165, 1.54) is 30.0 Å². The second-order valence-electron chi connectivity index (χ2n) is 2.76. The molecule has 0 unspecified atom stereocenters. The highest BCUT2D eigenvalue weighted by Crippen LogP contribution is 2.37. The Kier molecular flexibility index (Phi) is 2.16. The van der Waals surface area contributed by atoms with E-state index in [0.29, 0.717) is 10.6 Å². The van der Waals surface area contributed by atoms with Crippen molar-refractivity contribution in [2.24, 2.45) is 0 Å². The molecule has 2 rings (SSSR count). The van der Waals surface area contributed by atoms with Crippen LogP contribution < -0.4 is 5.73 Å². The molecule has 0 fully saturated rings. The summed E-state index contributed by atoms with van der Waals surface area (Å²) in [6.07, 6.45) is 0. The number of carbonyl (C=O) groups is 1. The molecule has 6 heteroatoms. The summed E-state index contributed by atoms with van der Waals surface area (Å²) < 4.78 is 8.81. The quantitative estimate of drug-likeness (QED) is 0.758. The third-order valence-corrected chi connectivity index (χ3v) is 3.86. The van der Waals surface area contributed by atoms with Crippen LogP contribution in [0.5, 0.6) is 0 Å². The molecule has 0 aliphatic carbocycles. The van der Waals surface area contributed by atoms with E-state index in [4.69, 9.17) is 5.73 Å². The third kappa shape index (κ3) is 1.18. The average Bonchev–Trinajstić information content (AvgIpc) is 2.68. The highest BCUT2D eigenvalue weighted by molar-refractivity contribution is 7.23. The van der Waals surface area contributed by atoms with E-state index in [1.807, 2.05) is 6.92 Å². The van der Waals surface area contributed by atoms with E-state index < -0.39 is 5.97 Å². The number of thiophene rings is 1. The lowest BCUT2D eigenvalue weighted by atomic mass is 10.3. The molecule has 2 aromatic rings. The van der Waals surface area contributed by atoms with Gasteiger partial charge in [0.05, 0.1) is 18.2 Å². The monoisotopic (exact) mass is 228 g/mol. The van der Waals surface area contributed by atoms with Gasteiger partial charge < -0.3 is 10.5 Å². The number of hydrogen-bond donors (Lipinski definition) is 1. The molecular formula is C8H8N2O2S2. The van der Waals surface area contributed by atoms with Gasteiger partial charge in [0, 0.05) is 4.88 Å². The standard InChI is InChI=1S/C8H8N2O2S2/c1-3-4-5(9)6(8(11)12-2)13-7(4)10-14-3/h9H2,1-2H3. The molecule has 0 aliphatic rings. The number of rotatable bonds is 1. The summed E-state index contributed by atoms with van der Waals surface area (Å²) in [6, 6.07) is 0. The van der Waals surface area contributed by atoms with Crippen molar-refractivity contribution >= 4 is 44.7 Å². The lowest BCUT2D eigenvalue weighted by Gasteiger charge is -1.95. The van der Waals surface area contributed by atoms with Crippen LogP contribution in [-0.2, 0) is 4.74 Å². The van der Waals surface area contributed by atoms with Gasteiger partial charge in [-0.25, -0.2) is 4.79 Å². The van der Waals surface area contributed by atoms with Crippen LogP contribution in [0.3, 0.4) is 0 Å². The number of ether oxygens (including phenoxy) is 1. The van der Waals surface area contributed by atoms with Gasteiger partial charge in [0.25, 0.3) is 0 Å². The molecule has 0 spiro atoms. The summed E-state index contributed by atoms with van der Waals surface area (Å²) in [5.41, 5.74) is 6.33. The zero-order chi connectivity index (χ0) is 10.3. The average molecular weight is 228 g/mol. The molecule has 0 atom stereocenters. The van der Waals surface area contributed by atoms with Gasteiger partial charge in [0.2, 0.25) is 0 Å². The van der Waals surface area contributed by atoms with E-state index in [-0.39, 0.29) is 0 Å². The fourth-order valence-corrected chi connectivity index (χ4v) is 3.11. The largest absolute Gasteiger partial charge is 0.465 e. The minimum Gasteiger partial charge on any atom is -0.465 e. The first kappa shape index (κ1) is 9.42. The Morgan fingerprint density at radius 1 is 1.57 bits per heavy atom. The van der Waals surface area contributed by atoms with Crippen LogP contribution in [0.1, 0.15) is 14.5 Å². The van der Waals surface area contributed by atoms with Crippen molar-refractivity contribution in [3.05, 3.63) is 9.75 Å². The van der Waals surface area contributed by atoms with Gasteiger partial charge in [-0.1, -0.05) is 0 Å². The molecule has 2 heterocycles. The predicted octanol–water partition coefficient (Wildman–Crippen LogP) is 2.04. The van der Waals surface area contributed by atoms with Crippen LogP contribution in [-0.4, -0.2) is 17.5 Å². The van der Waals surface area contributed by atoms with Crippen molar-refractivity contribution in [1.82, 2.24) is 4.37 Å². The second-order valence-corrected chi connectivity index (χ2v) is 4.73. The fourth-order valence-electron chi connectivity index (χ4n) is 1.24. The van der Waals surface area contributed by atoms with Crippen LogP contribution >= 0.6 is 22.9 Å². The summed E-state index contributed by atoms with van der Waals surface area (Å²) >= 11 is 2.67.